The molecular weight excluding hydrogens is 684 g/mol. The van der Waals surface area contributed by atoms with Gasteiger partial charge in [0.1, 0.15) is 12.5 Å². The van der Waals surface area contributed by atoms with Crippen molar-refractivity contribution in [1.29, 1.82) is 0 Å². The van der Waals surface area contributed by atoms with Gasteiger partial charge in [0, 0.05) is 20.1 Å². The molecule has 0 fully saturated rings. The molecular formula is C25H21BrCl2IN3O4. The van der Waals surface area contributed by atoms with Crippen LogP contribution in [0.2, 0.25) is 10.0 Å². The van der Waals surface area contributed by atoms with Crippen molar-refractivity contribution in [2.24, 2.45) is 11.0 Å². The first-order chi connectivity index (χ1) is 17.2. The average Bonchev–Trinajstić information content (AvgIpc) is 2.84. The number of carbonyl (C=O) groups is 2. The summed E-state index contributed by atoms with van der Waals surface area (Å²) in [4.78, 5) is 24.8. The molecule has 0 radical (unpaired) electrons. The van der Waals surface area contributed by atoms with E-state index < -0.39 is 17.7 Å². The molecule has 0 aromatic heterocycles. The summed E-state index contributed by atoms with van der Waals surface area (Å²) < 4.78 is 12.9. The van der Waals surface area contributed by atoms with E-state index >= 15 is 0 Å². The van der Waals surface area contributed by atoms with E-state index in [0.717, 1.165) is 13.6 Å². The molecule has 0 aliphatic rings. The van der Waals surface area contributed by atoms with Crippen LogP contribution in [-0.2, 0) is 16.2 Å². The molecule has 0 saturated carbocycles. The van der Waals surface area contributed by atoms with Crippen LogP contribution in [-0.4, -0.2) is 25.1 Å². The summed E-state index contributed by atoms with van der Waals surface area (Å²) in [7, 11) is 1.53. The first kappa shape index (κ1) is 28.2. The second-order valence-electron chi connectivity index (χ2n) is 7.48. The first-order valence-corrected chi connectivity index (χ1v) is 13.1. The van der Waals surface area contributed by atoms with Crippen molar-refractivity contribution in [3.63, 3.8) is 0 Å². The molecule has 0 spiro atoms. The summed E-state index contributed by atoms with van der Waals surface area (Å²) >= 11 is 17.7. The van der Waals surface area contributed by atoms with Gasteiger partial charge in [0.15, 0.2) is 11.5 Å². The number of para-hydroxylation sites is 1. The maximum Gasteiger partial charge on any atom is 0.252 e. The number of benzene rings is 3. The molecule has 3 aromatic rings. The van der Waals surface area contributed by atoms with Crippen molar-refractivity contribution in [3.8, 4) is 11.5 Å². The van der Waals surface area contributed by atoms with Gasteiger partial charge in [-0.3, -0.25) is 9.59 Å². The van der Waals surface area contributed by atoms with E-state index in [1.807, 2.05) is 12.1 Å². The zero-order valence-electron chi connectivity index (χ0n) is 19.2. The van der Waals surface area contributed by atoms with Crippen LogP contribution >= 0.6 is 61.7 Å². The Labute approximate surface area is 240 Å². The smallest absolute Gasteiger partial charge is 0.252 e. The van der Waals surface area contributed by atoms with Gasteiger partial charge in [-0.15, -0.1) is 0 Å². The summed E-state index contributed by atoms with van der Waals surface area (Å²) in [6.07, 6.45) is 1.46. The van der Waals surface area contributed by atoms with Gasteiger partial charge in [-0.05, 0) is 87.4 Å². The van der Waals surface area contributed by atoms with Gasteiger partial charge in [-0.2, -0.15) is 5.10 Å². The number of amides is 2. The Kier molecular flexibility index (Phi) is 10.4. The van der Waals surface area contributed by atoms with E-state index in [0.29, 0.717) is 32.8 Å². The van der Waals surface area contributed by atoms with Gasteiger partial charge < -0.3 is 14.8 Å². The Hall–Kier alpha value is -2.34. The van der Waals surface area contributed by atoms with E-state index in [1.165, 1.54) is 20.2 Å². The lowest BCUT2D eigenvalue weighted by atomic mass is 10.1. The number of nitrogens with zero attached hydrogens (tertiary/aromatic N) is 1. The molecule has 0 saturated heterocycles. The number of hydrogen-bond acceptors (Lipinski definition) is 5. The molecule has 2 amide bonds. The number of carbonyl (C=O) groups excluding carboxylic acids is 2. The van der Waals surface area contributed by atoms with Gasteiger partial charge in [0.25, 0.3) is 5.91 Å². The molecule has 188 valence electrons. The maximum atomic E-state index is 12.4. The molecule has 0 aliphatic carbocycles. The highest BCUT2D eigenvalue weighted by atomic mass is 127. The number of ether oxygens (including phenoxy) is 2. The minimum Gasteiger partial charge on any atom is -0.493 e. The van der Waals surface area contributed by atoms with Crippen LogP contribution in [0.4, 0.5) is 5.69 Å². The molecule has 0 bridgehead atoms. The summed E-state index contributed by atoms with van der Waals surface area (Å²) in [5, 5.41) is 7.76. The fourth-order valence-electron chi connectivity index (χ4n) is 2.93. The number of rotatable bonds is 9. The third-order valence-corrected chi connectivity index (χ3v) is 7.03. The number of anilines is 1. The highest BCUT2D eigenvalue weighted by Gasteiger charge is 2.22. The molecule has 11 heteroatoms. The van der Waals surface area contributed by atoms with Crippen LogP contribution in [0.5, 0.6) is 11.5 Å². The highest BCUT2D eigenvalue weighted by Crippen LogP contribution is 2.35. The van der Waals surface area contributed by atoms with Crippen LogP contribution in [0.25, 0.3) is 0 Å². The number of hydrazone groups is 1. The molecule has 0 heterocycles. The second-order valence-corrected chi connectivity index (χ2v) is 10.3. The minimum absolute atomic E-state index is 0.228. The lowest BCUT2D eigenvalue weighted by molar-refractivity contribution is -0.131. The number of halogens is 4. The summed E-state index contributed by atoms with van der Waals surface area (Å²) in [5.74, 6) is -0.923. The fraction of sp³-hybridized carbons (Fsp3) is 0.160. The highest BCUT2D eigenvalue weighted by molar-refractivity contribution is 14.1. The van der Waals surface area contributed by atoms with Crippen LogP contribution in [0, 0.1) is 9.49 Å². The van der Waals surface area contributed by atoms with Crippen molar-refractivity contribution >= 4 is 85.4 Å². The molecule has 36 heavy (non-hydrogen) atoms. The fourth-order valence-corrected chi connectivity index (χ4v) is 4.56. The van der Waals surface area contributed by atoms with Gasteiger partial charge in [0.05, 0.1) is 22.6 Å². The molecule has 7 nitrogen and oxygen atoms in total. The van der Waals surface area contributed by atoms with E-state index in [2.05, 4.69) is 54.4 Å². The third kappa shape index (κ3) is 7.58. The first-order valence-electron chi connectivity index (χ1n) is 10.5. The van der Waals surface area contributed by atoms with Crippen LogP contribution < -0.4 is 20.2 Å². The van der Waals surface area contributed by atoms with Crippen LogP contribution in [0.1, 0.15) is 18.1 Å². The molecule has 1 unspecified atom stereocenters. The minimum atomic E-state index is -0.959. The number of nitrogens with one attached hydrogen (secondary N) is 2. The van der Waals surface area contributed by atoms with Crippen LogP contribution in [0.15, 0.2) is 64.2 Å². The van der Waals surface area contributed by atoms with Crippen molar-refractivity contribution in [1.82, 2.24) is 5.43 Å². The SMILES string of the molecule is COc1cc(C=NNC(=O)C(C)C(=O)Nc2ccccc2Br)cc(I)c1OCc1ccc(Cl)cc1Cl. The van der Waals surface area contributed by atoms with E-state index in [4.69, 9.17) is 32.7 Å². The lowest BCUT2D eigenvalue weighted by Gasteiger charge is -2.14. The summed E-state index contributed by atoms with van der Waals surface area (Å²) in [5.41, 5.74) is 4.42. The van der Waals surface area contributed by atoms with Gasteiger partial charge in [-0.25, -0.2) is 5.43 Å². The number of methoxy groups -OCH3 is 1. The lowest BCUT2D eigenvalue weighted by Crippen LogP contribution is -2.34. The van der Waals surface area contributed by atoms with E-state index in [9.17, 15) is 9.59 Å². The Bertz CT molecular complexity index is 1310. The zero-order valence-corrected chi connectivity index (χ0v) is 24.4. The van der Waals surface area contributed by atoms with Crippen molar-refractivity contribution < 1.29 is 19.1 Å². The third-order valence-electron chi connectivity index (χ3n) is 4.95. The quantitative estimate of drug-likeness (QED) is 0.113. The summed E-state index contributed by atoms with van der Waals surface area (Å²) in [6, 6.07) is 15.9. The topological polar surface area (TPSA) is 89.0 Å². The average molecular weight is 705 g/mol. The van der Waals surface area contributed by atoms with E-state index in [-0.39, 0.29) is 6.61 Å². The van der Waals surface area contributed by atoms with Gasteiger partial charge in [0.2, 0.25) is 5.91 Å². The molecule has 3 aromatic carbocycles. The Morgan fingerprint density at radius 2 is 1.89 bits per heavy atom. The van der Waals surface area contributed by atoms with Gasteiger partial charge in [-0.1, -0.05) is 41.4 Å². The largest absolute Gasteiger partial charge is 0.493 e. The Morgan fingerprint density at radius 3 is 2.58 bits per heavy atom. The maximum absolute atomic E-state index is 12.4. The van der Waals surface area contributed by atoms with Crippen molar-refractivity contribution in [2.75, 3.05) is 12.4 Å². The molecule has 1 atom stereocenters. The monoisotopic (exact) mass is 703 g/mol. The van der Waals surface area contributed by atoms with Gasteiger partial charge >= 0.3 is 0 Å². The molecule has 3 rings (SSSR count). The normalized spacial score (nSPS) is 11.7. The predicted molar refractivity (Wildman–Crippen MR) is 154 cm³/mol. The molecule has 0 aliphatic heterocycles. The predicted octanol–water partition coefficient (Wildman–Crippen LogP) is 6.67. The second kappa shape index (κ2) is 13.3. The zero-order chi connectivity index (χ0) is 26.2. The summed E-state index contributed by atoms with van der Waals surface area (Å²) in [6.45, 7) is 1.73. The molecule has 2 N–H and O–H groups in total. The standard InChI is InChI=1S/C25H21BrCl2IN3O4/c1-14(24(33)31-21-6-4-3-5-18(21)26)25(34)32-30-12-15-9-20(29)23(22(10-15)35-2)36-13-16-7-8-17(27)11-19(16)28/h3-12,14H,13H2,1-2H3,(H,31,33)(H,32,34). The van der Waals surface area contributed by atoms with Crippen molar-refractivity contribution in [3.05, 3.63) is 83.8 Å². The number of hydrogen-bond donors (Lipinski definition) is 2. The van der Waals surface area contributed by atoms with E-state index in [1.54, 1.807) is 42.5 Å². The Morgan fingerprint density at radius 1 is 1.14 bits per heavy atom. The van der Waals surface area contributed by atoms with Crippen LogP contribution in [0.3, 0.4) is 0 Å². The Balaban J connectivity index is 1.63. The van der Waals surface area contributed by atoms with Crippen molar-refractivity contribution in [2.45, 2.75) is 13.5 Å².